The summed E-state index contributed by atoms with van der Waals surface area (Å²) in [6.07, 6.45) is 0. The number of aromatic hydroxyl groups is 1. The molecule has 0 aliphatic carbocycles. The summed E-state index contributed by atoms with van der Waals surface area (Å²) in [6.45, 7) is 1.16. The predicted molar refractivity (Wildman–Crippen MR) is 65.8 cm³/mol. The highest BCUT2D eigenvalue weighted by atomic mass is 16.5. The first-order valence-electron chi connectivity index (χ1n) is 5.63. The van der Waals surface area contributed by atoms with Gasteiger partial charge < -0.3 is 15.6 Å². The van der Waals surface area contributed by atoms with Gasteiger partial charge in [-0.15, -0.1) is 5.10 Å². The van der Waals surface area contributed by atoms with E-state index in [1.54, 1.807) is 23.9 Å². The van der Waals surface area contributed by atoms with Gasteiger partial charge in [-0.3, -0.25) is 0 Å². The number of rotatable bonds is 5. The van der Waals surface area contributed by atoms with Crippen molar-refractivity contribution in [3.05, 3.63) is 41.2 Å². The largest absolute Gasteiger partial charge is 0.508 e. The van der Waals surface area contributed by atoms with Crippen molar-refractivity contribution in [1.82, 2.24) is 15.0 Å². The van der Waals surface area contributed by atoms with Crippen LogP contribution in [0.5, 0.6) is 5.75 Å². The fourth-order valence-corrected chi connectivity index (χ4v) is 1.75. The Bertz CT molecular complexity index is 525. The molecular formula is C12H16N4O2. The average Bonchev–Trinajstić information content (AvgIpc) is 2.75. The lowest BCUT2D eigenvalue weighted by molar-refractivity contribution is 0.176. The van der Waals surface area contributed by atoms with Crippen molar-refractivity contribution in [2.24, 2.45) is 5.73 Å². The Morgan fingerprint density at radius 2 is 2.17 bits per heavy atom. The molecule has 1 heterocycles. The zero-order valence-corrected chi connectivity index (χ0v) is 10.2. The minimum atomic E-state index is 0.241. The number of aromatic nitrogens is 3. The molecule has 0 atom stereocenters. The van der Waals surface area contributed by atoms with E-state index in [1.165, 1.54) is 0 Å². The maximum atomic E-state index is 9.74. The van der Waals surface area contributed by atoms with Gasteiger partial charge in [0, 0.05) is 19.2 Å². The van der Waals surface area contributed by atoms with E-state index in [2.05, 4.69) is 10.3 Å². The highest BCUT2D eigenvalue weighted by Gasteiger charge is 2.12. The molecule has 0 bridgehead atoms. The Labute approximate surface area is 105 Å². The maximum absolute atomic E-state index is 9.74. The normalized spacial score (nSPS) is 10.8. The van der Waals surface area contributed by atoms with Gasteiger partial charge in [-0.2, -0.15) is 0 Å². The lowest BCUT2D eigenvalue weighted by Gasteiger charge is -2.08. The molecule has 18 heavy (non-hydrogen) atoms. The van der Waals surface area contributed by atoms with Crippen molar-refractivity contribution in [1.29, 1.82) is 0 Å². The number of nitrogens with two attached hydrogens (primary N) is 1. The number of ether oxygens (including phenoxy) is 1. The van der Waals surface area contributed by atoms with E-state index in [1.807, 2.05) is 12.1 Å². The molecule has 2 aromatic rings. The van der Waals surface area contributed by atoms with Crippen molar-refractivity contribution in [3.63, 3.8) is 0 Å². The van der Waals surface area contributed by atoms with Crippen LogP contribution in [0.15, 0.2) is 24.3 Å². The quantitative estimate of drug-likeness (QED) is 0.810. The molecule has 0 saturated carbocycles. The molecule has 6 heteroatoms. The van der Waals surface area contributed by atoms with E-state index in [0.29, 0.717) is 25.4 Å². The van der Waals surface area contributed by atoms with Gasteiger partial charge in [0.15, 0.2) is 0 Å². The van der Waals surface area contributed by atoms with E-state index in [0.717, 1.165) is 11.3 Å². The first-order valence-corrected chi connectivity index (χ1v) is 5.63. The zero-order valence-electron chi connectivity index (χ0n) is 10.2. The zero-order chi connectivity index (χ0) is 13.0. The van der Waals surface area contributed by atoms with Crippen LogP contribution in [0.1, 0.15) is 17.0 Å². The van der Waals surface area contributed by atoms with Crippen LogP contribution in [-0.4, -0.2) is 27.2 Å². The van der Waals surface area contributed by atoms with Crippen LogP contribution in [0.2, 0.25) is 0 Å². The summed E-state index contributed by atoms with van der Waals surface area (Å²) in [6, 6.07) is 7.13. The Balaban J connectivity index is 2.29. The third-order valence-corrected chi connectivity index (χ3v) is 2.70. The summed E-state index contributed by atoms with van der Waals surface area (Å²) < 4.78 is 6.81. The lowest BCUT2D eigenvalue weighted by Crippen LogP contribution is -2.09. The predicted octanol–water partition coefficient (Wildman–Crippen LogP) is 0.637. The molecule has 6 nitrogen and oxygen atoms in total. The molecule has 2 rings (SSSR count). The smallest absolute Gasteiger partial charge is 0.120 e. The third-order valence-electron chi connectivity index (χ3n) is 2.70. The first kappa shape index (κ1) is 12.5. The lowest BCUT2D eigenvalue weighted by atomic mass is 10.2. The van der Waals surface area contributed by atoms with Crippen LogP contribution in [0, 0.1) is 0 Å². The van der Waals surface area contributed by atoms with Gasteiger partial charge in [0.25, 0.3) is 0 Å². The highest BCUT2D eigenvalue weighted by Crippen LogP contribution is 2.18. The number of nitrogens with zero attached hydrogens (tertiary/aromatic N) is 3. The van der Waals surface area contributed by atoms with Gasteiger partial charge >= 0.3 is 0 Å². The number of benzene rings is 1. The van der Waals surface area contributed by atoms with E-state index in [-0.39, 0.29) is 5.75 Å². The van der Waals surface area contributed by atoms with E-state index < -0.39 is 0 Å². The van der Waals surface area contributed by atoms with Gasteiger partial charge in [0.2, 0.25) is 0 Å². The highest BCUT2D eigenvalue weighted by molar-refractivity contribution is 5.32. The van der Waals surface area contributed by atoms with Crippen molar-refractivity contribution < 1.29 is 9.84 Å². The molecule has 0 spiro atoms. The second kappa shape index (κ2) is 5.61. The molecule has 0 aliphatic heterocycles. The van der Waals surface area contributed by atoms with Crippen LogP contribution in [0.25, 0.3) is 0 Å². The van der Waals surface area contributed by atoms with Gasteiger partial charge in [-0.1, -0.05) is 23.4 Å². The number of phenolic OH excluding ortho intramolecular Hbond substituents is 1. The summed E-state index contributed by atoms with van der Waals surface area (Å²) in [5, 5.41) is 17.8. The minimum Gasteiger partial charge on any atom is -0.508 e. The third kappa shape index (κ3) is 2.49. The second-order valence-electron chi connectivity index (χ2n) is 3.91. The van der Waals surface area contributed by atoms with E-state index in [9.17, 15) is 5.11 Å². The van der Waals surface area contributed by atoms with Crippen LogP contribution in [0.4, 0.5) is 0 Å². The number of phenols is 1. The van der Waals surface area contributed by atoms with Crippen molar-refractivity contribution in [2.45, 2.75) is 19.7 Å². The Hall–Kier alpha value is -1.92. The van der Waals surface area contributed by atoms with Gasteiger partial charge in [-0.25, -0.2) is 4.68 Å². The Morgan fingerprint density at radius 1 is 1.39 bits per heavy atom. The SMILES string of the molecule is COCc1c(CN)nnn1Cc1ccccc1O. The summed E-state index contributed by atoms with van der Waals surface area (Å²) >= 11 is 0. The second-order valence-corrected chi connectivity index (χ2v) is 3.91. The number of hydrogen-bond acceptors (Lipinski definition) is 5. The summed E-state index contributed by atoms with van der Waals surface area (Å²) in [4.78, 5) is 0. The molecule has 3 N–H and O–H groups in total. The van der Waals surface area contributed by atoms with E-state index in [4.69, 9.17) is 10.5 Å². The summed E-state index contributed by atoms with van der Waals surface area (Å²) in [5.41, 5.74) is 7.93. The molecule has 0 unspecified atom stereocenters. The maximum Gasteiger partial charge on any atom is 0.120 e. The topological polar surface area (TPSA) is 86.2 Å². The van der Waals surface area contributed by atoms with Crippen molar-refractivity contribution >= 4 is 0 Å². The van der Waals surface area contributed by atoms with Gasteiger partial charge in [-0.05, 0) is 6.07 Å². The number of para-hydroxylation sites is 1. The van der Waals surface area contributed by atoms with E-state index >= 15 is 0 Å². The van der Waals surface area contributed by atoms with Crippen LogP contribution < -0.4 is 5.73 Å². The fraction of sp³-hybridized carbons (Fsp3) is 0.333. The van der Waals surface area contributed by atoms with Crippen LogP contribution in [0.3, 0.4) is 0 Å². The Kier molecular flexibility index (Phi) is 3.91. The molecule has 0 radical (unpaired) electrons. The molecule has 0 amide bonds. The number of hydrogen-bond donors (Lipinski definition) is 2. The Morgan fingerprint density at radius 3 is 2.83 bits per heavy atom. The molecule has 0 saturated heterocycles. The standard InChI is InChI=1S/C12H16N4O2/c1-18-8-11-10(6-13)14-15-16(11)7-9-4-2-3-5-12(9)17/h2-5,17H,6-8,13H2,1H3. The molecule has 1 aromatic carbocycles. The summed E-state index contributed by atoms with van der Waals surface area (Å²) in [7, 11) is 1.61. The average molecular weight is 248 g/mol. The minimum absolute atomic E-state index is 0.241. The van der Waals surface area contributed by atoms with Gasteiger partial charge in [0.1, 0.15) is 11.4 Å². The molecular weight excluding hydrogens is 232 g/mol. The monoisotopic (exact) mass is 248 g/mol. The van der Waals surface area contributed by atoms with Crippen molar-refractivity contribution in [3.8, 4) is 5.75 Å². The fourth-order valence-electron chi connectivity index (χ4n) is 1.75. The molecule has 1 aromatic heterocycles. The van der Waals surface area contributed by atoms with Gasteiger partial charge in [0.05, 0.1) is 18.8 Å². The number of methoxy groups -OCH3 is 1. The van der Waals surface area contributed by atoms with Crippen LogP contribution in [-0.2, 0) is 24.4 Å². The van der Waals surface area contributed by atoms with Crippen molar-refractivity contribution in [2.75, 3.05) is 7.11 Å². The van der Waals surface area contributed by atoms with Crippen LogP contribution >= 0.6 is 0 Å². The molecule has 0 fully saturated rings. The molecule has 0 aliphatic rings. The summed E-state index contributed by atoms with van der Waals surface area (Å²) in [5.74, 6) is 0.241. The molecule has 96 valence electrons. The first-order chi connectivity index (χ1) is 8.76.